The van der Waals surface area contributed by atoms with Crippen LogP contribution in [-0.4, -0.2) is 20.8 Å². The first-order valence-electron chi connectivity index (χ1n) is 7.23. The molecule has 3 rings (SSSR count). The quantitative estimate of drug-likeness (QED) is 0.643. The summed E-state index contributed by atoms with van der Waals surface area (Å²) in [6.07, 6.45) is 1.64. The van der Waals surface area contributed by atoms with Gasteiger partial charge in [-0.25, -0.2) is 4.68 Å². The minimum Gasteiger partial charge on any atom is -0.508 e. The molecule has 0 bridgehead atoms. The molecule has 6 nitrogen and oxygen atoms in total. The van der Waals surface area contributed by atoms with Crippen LogP contribution in [0.15, 0.2) is 59.2 Å². The van der Waals surface area contributed by atoms with Crippen LogP contribution in [-0.2, 0) is 6.73 Å². The SMILES string of the molecule is O=C(Nc1cccc(O)c1)c1ccn(COc2ccc(Cl)cc2Br)n1. The summed E-state index contributed by atoms with van der Waals surface area (Å²) < 4.78 is 7.86. The topological polar surface area (TPSA) is 76.4 Å². The maximum absolute atomic E-state index is 12.2. The van der Waals surface area contributed by atoms with E-state index in [1.165, 1.54) is 16.8 Å². The number of ether oxygens (including phenoxy) is 1. The molecule has 2 N–H and O–H groups in total. The number of carbonyl (C=O) groups is 1. The minimum absolute atomic E-state index is 0.0743. The van der Waals surface area contributed by atoms with E-state index in [0.717, 1.165) is 4.47 Å². The second-order valence-electron chi connectivity index (χ2n) is 5.09. The Morgan fingerprint density at radius 3 is 2.88 bits per heavy atom. The van der Waals surface area contributed by atoms with E-state index in [9.17, 15) is 9.90 Å². The second-order valence-corrected chi connectivity index (χ2v) is 6.38. The molecule has 128 valence electrons. The summed E-state index contributed by atoms with van der Waals surface area (Å²) in [6.45, 7) is 0.139. The van der Waals surface area contributed by atoms with Gasteiger partial charge < -0.3 is 15.2 Å². The highest BCUT2D eigenvalue weighted by Crippen LogP contribution is 2.28. The van der Waals surface area contributed by atoms with E-state index in [4.69, 9.17) is 16.3 Å². The van der Waals surface area contributed by atoms with Gasteiger partial charge in [0.05, 0.1) is 4.47 Å². The molecule has 0 fully saturated rings. The normalized spacial score (nSPS) is 10.5. The molecule has 0 aliphatic heterocycles. The van der Waals surface area contributed by atoms with Gasteiger partial charge in [0.1, 0.15) is 11.5 Å². The maximum atomic E-state index is 12.2. The van der Waals surface area contributed by atoms with Crippen molar-refractivity contribution in [3.8, 4) is 11.5 Å². The number of hydrogen-bond acceptors (Lipinski definition) is 4. The maximum Gasteiger partial charge on any atom is 0.276 e. The Kier molecular flexibility index (Phi) is 5.25. The van der Waals surface area contributed by atoms with Gasteiger partial charge in [0.25, 0.3) is 5.91 Å². The van der Waals surface area contributed by atoms with Gasteiger partial charge in [-0.3, -0.25) is 4.79 Å². The number of carbonyl (C=O) groups excluding carboxylic acids is 1. The highest BCUT2D eigenvalue weighted by molar-refractivity contribution is 9.10. The molecule has 25 heavy (non-hydrogen) atoms. The number of aromatic nitrogens is 2. The zero-order chi connectivity index (χ0) is 17.8. The molecule has 0 aliphatic rings. The van der Waals surface area contributed by atoms with Gasteiger partial charge in [0, 0.05) is 23.0 Å². The summed E-state index contributed by atoms with van der Waals surface area (Å²) >= 11 is 9.25. The van der Waals surface area contributed by atoms with Crippen molar-refractivity contribution in [2.75, 3.05) is 5.32 Å². The third kappa shape index (κ3) is 4.52. The van der Waals surface area contributed by atoms with Crippen LogP contribution in [0.5, 0.6) is 11.5 Å². The molecule has 0 radical (unpaired) electrons. The van der Waals surface area contributed by atoms with Crippen LogP contribution in [0, 0.1) is 0 Å². The summed E-state index contributed by atoms with van der Waals surface area (Å²) in [4.78, 5) is 12.2. The number of phenols is 1. The largest absolute Gasteiger partial charge is 0.508 e. The van der Waals surface area contributed by atoms with Gasteiger partial charge in [-0.05, 0) is 52.3 Å². The zero-order valence-electron chi connectivity index (χ0n) is 12.8. The fraction of sp³-hybridized carbons (Fsp3) is 0.0588. The number of benzene rings is 2. The molecular formula is C17H13BrClN3O3. The van der Waals surface area contributed by atoms with Crippen molar-refractivity contribution in [2.24, 2.45) is 0 Å². The van der Waals surface area contributed by atoms with Crippen molar-refractivity contribution in [2.45, 2.75) is 6.73 Å². The summed E-state index contributed by atoms with van der Waals surface area (Å²) in [5.41, 5.74) is 0.725. The van der Waals surface area contributed by atoms with Crippen molar-refractivity contribution >= 4 is 39.1 Å². The second kappa shape index (κ2) is 7.58. The lowest BCUT2D eigenvalue weighted by molar-refractivity contribution is 0.102. The molecule has 8 heteroatoms. The van der Waals surface area contributed by atoms with Gasteiger partial charge in [0.2, 0.25) is 0 Å². The molecule has 0 aliphatic carbocycles. The Morgan fingerprint density at radius 1 is 1.28 bits per heavy atom. The van der Waals surface area contributed by atoms with Crippen LogP contribution in [0.25, 0.3) is 0 Å². The molecule has 1 aromatic heterocycles. The molecule has 0 spiro atoms. The smallest absolute Gasteiger partial charge is 0.276 e. The van der Waals surface area contributed by atoms with Crippen LogP contribution in [0.4, 0.5) is 5.69 Å². The molecule has 0 saturated heterocycles. The van der Waals surface area contributed by atoms with Crippen LogP contribution in [0.1, 0.15) is 10.5 Å². The van der Waals surface area contributed by atoms with E-state index in [1.54, 1.807) is 42.6 Å². The number of phenolic OH excluding ortho intramolecular Hbond substituents is 1. The standard InChI is InChI=1S/C17H13BrClN3O3/c18-14-8-11(19)4-5-16(14)25-10-22-7-6-15(21-22)17(24)20-12-2-1-3-13(23)9-12/h1-9,23H,10H2,(H,20,24). The van der Waals surface area contributed by atoms with Crippen LogP contribution in [0.3, 0.4) is 0 Å². The monoisotopic (exact) mass is 421 g/mol. The number of rotatable bonds is 5. The Morgan fingerprint density at radius 2 is 2.12 bits per heavy atom. The first kappa shape index (κ1) is 17.3. The summed E-state index contributed by atoms with van der Waals surface area (Å²) in [5.74, 6) is 0.313. The van der Waals surface area contributed by atoms with Crippen LogP contribution in [0.2, 0.25) is 5.02 Å². The van der Waals surface area contributed by atoms with E-state index >= 15 is 0 Å². The van der Waals surface area contributed by atoms with Crippen molar-refractivity contribution in [1.82, 2.24) is 9.78 Å². The van der Waals surface area contributed by atoms with E-state index in [1.807, 2.05) is 0 Å². The third-order valence-corrected chi connectivity index (χ3v) is 4.08. The molecule has 0 unspecified atom stereocenters. The molecule has 0 saturated carbocycles. The predicted molar refractivity (Wildman–Crippen MR) is 98.1 cm³/mol. The third-order valence-electron chi connectivity index (χ3n) is 3.22. The fourth-order valence-corrected chi connectivity index (χ4v) is 2.86. The highest BCUT2D eigenvalue weighted by atomic mass is 79.9. The average Bonchev–Trinajstić information content (AvgIpc) is 3.03. The minimum atomic E-state index is -0.378. The number of halogens is 2. The number of aromatic hydroxyl groups is 1. The van der Waals surface area contributed by atoms with E-state index in [0.29, 0.717) is 16.5 Å². The van der Waals surface area contributed by atoms with Gasteiger partial charge in [-0.1, -0.05) is 17.7 Å². The lowest BCUT2D eigenvalue weighted by atomic mass is 10.3. The molecular weight excluding hydrogens is 410 g/mol. The van der Waals surface area contributed by atoms with E-state index in [-0.39, 0.29) is 24.1 Å². The summed E-state index contributed by atoms with van der Waals surface area (Å²) in [5, 5.41) is 16.9. The fourth-order valence-electron chi connectivity index (χ4n) is 2.06. The number of nitrogens with one attached hydrogen (secondary N) is 1. The van der Waals surface area contributed by atoms with Crippen molar-refractivity contribution < 1.29 is 14.6 Å². The predicted octanol–water partition coefficient (Wildman–Crippen LogP) is 4.29. The number of anilines is 1. The summed E-state index contributed by atoms with van der Waals surface area (Å²) in [7, 11) is 0. The number of nitrogens with zero attached hydrogens (tertiary/aromatic N) is 2. The molecule has 3 aromatic rings. The van der Waals surface area contributed by atoms with Crippen molar-refractivity contribution in [3.05, 3.63) is 69.9 Å². The van der Waals surface area contributed by atoms with Crippen LogP contribution < -0.4 is 10.1 Å². The summed E-state index contributed by atoms with van der Waals surface area (Å²) in [6, 6.07) is 13.1. The van der Waals surface area contributed by atoms with Gasteiger partial charge in [-0.2, -0.15) is 5.10 Å². The molecule has 1 amide bonds. The molecule has 2 aromatic carbocycles. The Labute approximate surface area is 157 Å². The lowest BCUT2D eigenvalue weighted by Gasteiger charge is -2.08. The molecule has 0 atom stereocenters. The Bertz CT molecular complexity index is 914. The highest BCUT2D eigenvalue weighted by Gasteiger charge is 2.11. The number of amides is 1. The Balaban J connectivity index is 1.62. The Hall–Kier alpha value is -2.51. The first-order chi connectivity index (χ1) is 12.0. The van der Waals surface area contributed by atoms with Crippen LogP contribution >= 0.6 is 27.5 Å². The molecule has 1 heterocycles. The number of hydrogen-bond donors (Lipinski definition) is 2. The zero-order valence-corrected chi connectivity index (χ0v) is 15.2. The average molecular weight is 423 g/mol. The lowest BCUT2D eigenvalue weighted by Crippen LogP contribution is -2.14. The van der Waals surface area contributed by atoms with Crippen molar-refractivity contribution in [3.63, 3.8) is 0 Å². The van der Waals surface area contributed by atoms with Gasteiger partial charge in [0.15, 0.2) is 12.4 Å². The van der Waals surface area contributed by atoms with Gasteiger partial charge in [-0.15, -0.1) is 0 Å². The van der Waals surface area contributed by atoms with E-state index in [2.05, 4.69) is 26.3 Å². The van der Waals surface area contributed by atoms with E-state index < -0.39 is 0 Å². The van der Waals surface area contributed by atoms with Crippen molar-refractivity contribution in [1.29, 1.82) is 0 Å². The first-order valence-corrected chi connectivity index (χ1v) is 8.40. The van der Waals surface area contributed by atoms with Gasteiger partial charge >= 0.3 is 0 Å².